The number of benzene rings is 1. The number of aryl methyl sites for hydroxylation is 1. The van der Waals surface area contributed by atoms with E-state index in [4.69, 9.17) is 5.73 Å². The average molecular weight is 243 g/mol. The number of aromatic nitrogens is 2. The predicted molar refractivity (Wildman–Crippen MR) is 59.4 cm³/mol. The van der Waals surface area contributed by atoms with E-state index in [1.165, 1.54) is 4.68 Å². The van der Waals surface area contributed by atoms with E-state index in [1.54, 1.807) is 24.4 Å². The second-order valence-corrected chi connectivity index (χ2v) is 3.93. The molecule has 0 aliphatic rings. The number of nitrogen functional groups attached to an aromatic ring is 1. The Morgan fingerprint density at radius 1 is 1.29 bits per heavy atom. The van der Waals surface area contributed by atoms with Crippen LogP contribution in [-0.4, -0.2) is 16.0 Å². The fourth-order valence-electron chi connectivity index (χ4n) is 1.64. The third-order valence-electron chi connectivity index (χ3n) is 2.43. The third-order valence-corrected chi connectivity index (χ3v) is 2.43. The number of rotatable bonds is 3. The minimum atomic E-state index is -4.10. The lowest BCUT2D eigenvalue weighted by Crippen LogP contribution is -2.09. The van der Waals surface area contributed by atoms with Crippen molar-refractivity contribution in [2.75, 3.05) is 5.73 Å². The SMILES string of the molecule is Nc1ccc2cn(CCCC(F)(F)F)nc2c1. The van der Waals surface area contributed by atoms with Gasteiger partial charge in [-0.1, -0.05) is 0 Å². The summed E-state index contributed by atoms with van der Waals surface area (Å²) >= 11 is 0. The first-order valence-electron chi connectivity index (χ1n) is 5.23. The number of fused-ring (bicyclic) bond motifs is 1. The minimum absolute atomic E-state index is 0.0347. The maximum Gasteiger partial charge on any atom is 0.389 e. The summed E-state index contributed by atoms with van der Waals surface area (Å²) < 4.78 is 37.4. The predicted octanol–water partition coefficient (Wildman–Crippen LogP) is 2.96. The van der Waals surface area contributed by atoms with E-state index in [0.717, 1.165) is 5.39 Å². The van der Waals surface area contributed by atoms with Gasteiger partial charge in [-0.25, -0.2) is 0 Å². The zero-order valence-electron chi connectivity index (χ0n) is 9.04. The fraction of sp³-hybridized carbons (Fsp3) is 0.364. The molecule has 0 saturated heterocycles. The van der Waals surface area contributed by atoms with Gasteiger partial charge in [0.05, 0.1) is 5.52 Å². The Hall–Kier alpha value is -1.72. The van der Waals surface area contributed by atoms with Crippen molar-refractivity contribution in [1.82, 2.24) is 9.78 Å². The van der Waals surface area contributed by atoms with E-state index in [-0.39, 0.29) is 13.0 Å². The number of nitrogens with zero attached hydrogens (tertiary/aromatic N) is 2. The summed E-state index contributed by atoms with van der Waals surface area (Å²) in [6.07, 6.45) is -3.12. The lowest BCUT2D eigenvalue weighted by Gasteiger charge is -2.05. The first kappa shape index (κ1) is 11.8. The van der Waals surface area contributed by atoms with Gasteiger partial charge >= 0.3 is 6.18 Å². The van der Waals surface area contributed by atoms with Gasteiger partial charge in [0.15, 0.2) is 0 Å². The average Bonchev–Trinajstić information content (AvgIpc) is 2.57. The molecule has 0 saturated carbocycles. The normalized spacial score (nSPS) is 12.2. The molecule has 1 aromatic heterocycles. The van der Waals surface area contributed by atoms with Crippen LogP contribution in [0.1, 0.15) is 12.8 Å². The van der Waals surface area contributed by atoms with Crippen LogP contribution in [0.2, 0.25) is 0 Å². The molecule has 0 aliphatic carbocycles. The van der Waals surface area contributed by atoms with E-state index >= 15 is 0 Å². The molecule has 0 amide bonds. The van der Waals surface area contributed by atoms with Crippen LogP contribution in [0, 0.1) is 0 Å². The molecule has 0 spiro atoms. The van der Waals surface area contributed by atoms with E-state index in [0.29, 0.717) is 11.2 Å². The van der Waals surface area contributed by atoms with Crippen molar-refractivity contribution in [1.29, 1.82) is 0 Å². The van der Waals surface area contributed by atoms with Gasteiger partial charge in [-0.2, -0.15) is 18.3 Å². The van der Waals surface area contributed by atoms with Crippen LogP contribution in [0.3, 0.4) is 0 Å². The summed E-state index contributed by atoms with van der Waals surface area (Å²) in [6.45, 7) is 0.258. The van der Waals surface area contributed by atoms with E-state index in [1.807, 2.05) is 0 Å². The molecule has 0 fully saturated rings. The largest absolute Gasteiger partial charge is 0.399 e. The van der Waals surface area contributed by atoms with Crippen molar-refractivity contribution in [2.45, 2.75) is 25.6 Å². The number of anilines is 1. The van der Waals surface area contributed by atoms with Crippen LogP contribution in [0.15, 0.2) is 24.4 Å². The topological polar surface area (TPSA) is 43.8 Å². The van der Waals surface area contributed by atoms with Gasteiger partial charge in [0, 0.05) is 30.2 Å². The monoisotopic (exact) mass is 243 g/mol. The zero-order chi connectivity index (χ0) is 12.5. The molecule has 0 unspecified atom stereocenters. The van der Waals surface area contributed by atoms with Gasteiger partial charge in [0.2, 0.25) is 0 Å². The van der Waals surface area contributed by atoms with Crippen molar-refractivity contribution in [3.05, 3.63) is 24.4 Å². The molecule has 0 radical (unpaired) electrons. The quantitative estimate of drug-likeness (QED) is 0.842. The smallest absolute Gasteiger partial charge is 0.389 e. The number of nitrogens with two attached hydrogens (primary N) is 1. The molecule has 0 bridgehead atoms. The van der Waals surface area contributed by atoms with Crippen LogP contribution < -0.4 is 5.73 Å². The number of halogens is 3. The van der Waals surface area contributed by atoms with Crippen LogP contribution in [0.4, 0.5) is 18.9 Å². The van der Waals surface area contributed by atoms with Gasteiger partial charge in [-0.3, -0.25) is 4.68 Å². The Bertz CT molecular complexity index is 516. The lowest BCUT2D eigenvalue weighted by molar-refractivity contribution is -0.136. The first-order chi connectivity index (χ1) is 7.94. The molecule has 1 heterocycles. The molecule has 2 N–H and O–H groups in total. The molecule has 92 valence electrons. The standard InChI is InChI=1S/C11H12F3N3/c12-11(13,14)4-1-5-17-7-8-2-3-9(15)6-10(8)16-17/h2-3,6-7H,1,4-5,15H2. The van der Waals surface area contributed by atoms with Crippen molar-refractivity contribution < 1.29 is 13.2 Å². The maximum absolute atomic E-state index is 12.0. The van der Waals surface area contributed by atoms with Crippen LogP contribution >= 0.6 is 0 Å². The van der Waals surface area contributed by atoms with Gasteiger partial charge < -0.3 is 5.73 Å². The van der Waals surface area contributed by atoms with Crippen molar-refractivity contribution in [2.24, 2.45) is 0 Å². The Morgan fingerprint density at radius 2 is 2.06 bits per heavy atom. The van der Waals surface area contributed by atoms with Gasteiger partial charge in [-0.15, -0.1) is 0 Å². The number of hydrogen-bond donors (Lipinski definition) is 1. The number of alkyl halides is 3. The fourth-order valence-corrected chi connectivity index (χ4v) is 1.64. The Labute approximate surface area is 96.0 Å². The summed E-state index contributed by atoms with van der Waals surface area (Å²) in [5.41, 5.74) is 6.89. The highest BCUT2D eigenvalue weighted by molar-refractivity contribution is 5.81. The molecular formula is C11H12F3N3. The van der Waals surface area contributed by atoms with Crippen molar-refractivity contribution in [3.8, 4) is 0 Å². The summed E-state index contributed by atoms with van der Waals surface area (Å²) in [4.78, 5) is 0. The second kappa shape index (κ2) is 4.27. The maximum atomic E-state index is 12.0. The molecule has 2 rings (SSSR count). The molecule has 6 heteroatoms. The third kappa shape index (κ3) is 3.12. The highest BCUT2D eigenvalue weighted by atomic mass is 19.4. The van der Waals surface area contributed by atoms with Gasteiger partial charge in [0.1, 0.15) is 0 Å². The molecule has 17 heavy (non-hydrogen) atoms. The number of hydrogen-bond acceptors (Lipinski definition) is 2. The highest BCUT2D eigenvalue weighted by Gasteiger charge is 2.26. The van der Waals surface area contributed by atoms with Crippen LogP contribution in [-0.2, 0) is 6.54 Å². The Morgan fingerprint density at radius 3 is 2.76 bits per heavy atom. The van der Waals surface area contributed by atoms with Crippen molar-refractivity contribution >= 4 is 16.6 Å². The van der Waals surface area contributed by atoms with E-state index in [2.05, 4.69) is 5.10 Å². The summed E-state index contributed by atoms with van der Waals surface area (Å²) in [6, 6.07) is 5.25. The molecule has 3 nitrogen and oxygen atoms in total. The van der Waals surface area contributed by atoms with Crippen molar-refractivity contribution in [3.63, 3.8) is 0 Å². The molecule has 1 aromatic carbocycles. The zero-order valence-corrected chi connectivity index (χ0v) is 9.04. The molecule has 2 aromatic rings. The Kier molecular flexibility index (Phi) is 2.95. The lowest BCUT2D eigenvalue weighted by atomic mass is 10.2. The summed E-state index contributed by atoms with van der Waals surface area (Å²) in [7, 11) is 0. The second-order valence-electron chi connectivity index (χ2n) is 3.93. The minimum Gasteiger partial charge on any atom is -0.399 e. The summed E-state index contributed by atoms with van der Waals surface area (Å²) in [5, 5.41) is 5.04. The van der Waals surface area contributed by atoms with E-state index in [9.17, 15) is 13.2 Å². The molecule has 0 atom stereocenters. The van der Waals surface area contributed by atoms with Crippen LogP contribution in [0.25, 0.3) is 10.9 Å². The molecule has 0 aliphatic heterocycles. The van der Waals surface area contributed by atoms with Crippen LogP contribution in [0.5, 0.6) is 0 Å². The summed E-state index contributed by atoms with van der Waals surface area (Å²) in [5.74, 6) is 0. The van der Waals surface area contributed by atoms with Gasteiger partial charge in [-0.05, 0) is 24.6 Å². The van der Waals surface area contributed by atoms with E-state index < -0.39 is 12.6 Å². The first-order valence-corrected chi connectivity index (χ1v) is 5.23. The van der Waals surface area contributed by atoms with Gasteiger partial charge in [0.25, 0.3) is 0 Å². The molecular weight excluding hydrogens is 231 g/mol. The Balaban J connectivity index is 2.05. The highest BCUT2D eigenvalue weighted by Crippen LogP contribution is 2.22.